The lowest BCUT2D eigenvalue weighted by atomic mass is 10.2. The minimum atomic E-state index is -0.212. The van der Waals surface area contributed by atoms with Crippen molar-refractivity contribution in [2.24, 2.45) is 7.05 Å². The van der Waals surface area contributed by atoms with Crippen molar-refractivity contribution in [3.05, 3.63) is 40.7 Å². The van der Waals surface area contributed by atoms with Crippen LogP contribution in [0.25, 0.3) is 0 Å². The van der Waals surface area contributed by atoms with Crippen LogP contribution in [0.2, 0.25) is 5.02 Å². The van der Waals surface area contributed by atoms with E-state index in [1.807, 2.05) is 0 Å². The van der Waals surface area contributed by atoms with E-state index in [1.54, 1.807) is 31.3 Å². The predicted octanol–water partition coefficient (Wildman–Crippen LogP) is 0.793. The monoisotopic (exact) mass is 251 g/mol. The largest absolute Gasteiger partial charge is 0.345 e. The first-order valence-electron chi connectivity index (χ1n) is 4.92. The van der Waals surface area contributed by atoms with Crippen molar-refractivity contribution in [2.75, 3.05) is 0 Å². The summed E-state index contributed by atoms with van der Waals surface area (Å²) in [6, 6.07) is 6.73. The molecule has 1 heterocycles. The molecule has 0 unspecified atom stereocenters. The fourth-order valence-corrected chi connectivity index (χ4v) is 1.48. The Balaban J connectivity index is 2.01. The molecule has 1 aromatic carbocycles. The molecule has 0 atom stereocenters. The fraction of sp³-hybridized carbons (Fsp3) is 0.200. The maximum Gasteiger partial charge on any atom is 0.251 e. The number of nitrogens with one attached hydrogen (secondary N) is 1. The van der Waals surface area contributed by atoms with Crippen molar-refractivity contribution in [3.63, 3.8) is 0 Å². The molecule has 0 aliphatic rings. The van der Waals surface area contributed by atoms with Gasteiger partial charge >= 0.3 is 0 Å². The fourth-order valence-electron chi connectivity index (χ4n) is 1.29. The van der Waals surface area contributed by atoms with Gasteiger partial charge in [0, 0.05) is 17.6 Å². The van der Waals surface area contributed by atoms with Crippen molar-refractivity contribution < 1.29 is 4.79 Å². The molecule has 0 radical (unpaired) electrons. The van der Waals surface area contributed by atoms with Gasteiger partial charge in [0.2, 0.25) is 0 Å². The van der Waals surface area contributed by atoms with Crippen LogP contribution in [0.5, 0.6) is 0 Å². The number of amides is 1. The topological polar surface area (TPSA) is 72.7 Å². The van der Waals surface area contributed by atoms with E-state index in [2.05, 4.69) is 20.8 Å². The first-order chi connectivity index (χ1) is 8.16. The maximum absolute atomic E-state index is 11.8. The van der Waals surface area contributed by atoms with Crippen LogP contribution in [0, 0.1) is 0 Å². The van der Waals surface area contributed by atoms with Gasteiger partial charge in [0.25, 0.3) is 5.91 Å². The zero-order valence-electron chi connectivity index (χ0n) is 9.09. The molecule has 88 valence electrons. The molecule has 0 spiro atoms. The Morgan fingerprint density at radius 1 is 1.53 bits per heavy atom. The Bertz CT molecular complexity index is 539. The molecule has 1 N–H and O–H groups in total. The molecule has 0 saturated carbocycles. The highest BCUT2D eigenvalue weighted by atomic mass is 35.5. The van der Waals surface area contributed by atoms with Crippen LogP contribution in [0.15, 0.2) is 24.3 Å². The highest BCUT2D eigenvalue weighted by molar-refractivity contribution is 6.30. The number of aryl methyl sites for hydroxylation is 1. The number of tetrazole rings is 1. The second-order valence-electron chi connectivity index (χ2n) is 3.41. The third-order valence-electron chi connectivity index (χ3n) is 2.20. The lowest BCUT2D eigenvalue weighted by molar-refractivity contribution is 0.0949. The van der Waals surface area contributed by atoms with Gasteiger partial charge in [-0.05, 0) is 28.6 Å². The molecule has 0 bridgehead atoms. The second kappa shape index (κ2) is 4.92. The number of halogens is 1. The van der Waals surface area contributed by atoms with Crippen molar-refractivity contribution in [3.8, 4) is 0 Å². The molecule has 2 rings (SSSR count). The number of benzene rings is 1. The Kier molecular flexibility index (Phi) is 3.34. The van der Waals surface area contributed by atoms with Crippen LogP contribution in [-0.4, -0.2) is 26.1 Å². The number of aromatic nitrogens is 4. The van der Waals surface area contributed by atoms with Gasteiger partial charge in [-0.15, -0.1) is 5.10 Å². The molecular formula is C10H10ClN5O. The number of nitrogens with zero attached hydrogens (tertiary/aromatic N) is 4. The quantitative estimate of drug-likeness (QED) is 0.876. The highest BCUT2D eigenvalue weighted by Crippen LogP contribution is 2.10. The minimum Gasteiger partial charge on any atom is -0.345 e. The lowest BCUT2D eigenvalue weighted by Gasteiger charge is -2.04. The number of rotatable bonds is 3. The molecule has 1 amide bonds. The molecular weight excluding hydrogens is 242 g/mol. The average molecular weight is 252 g/mol. The molecule has 7 heteroatoms. The minimum absolute atomic E-state index is 0.212. The van der Waals surface area contributed by atoms with Gasteiger partial charge in [-0.3, -0.25) is 4.79 Å². The van der Waals surface area contributed by atoms with Crippen molar-refractivity contribution in [1.29, 1.82) is 0 Å². The number of hydrogen-bond donors (Lipinski definition) is 1. The van der Waals surface area contributed by atoms with Gasteiger partial charge in [0.1, 0.15) is 0 Å². The summed E-state index contributed by atoms with van der Waals surface area (Å²) >= 11 is 5.80. The maximum atomic E-state index is 11.8. The number of carbonyl (C=O) groups excluding carboxylic acids is 1. The second-order valence-corrected chi connectivity index (χ2v) is 3.85. The molecule has 0 aliphatic heterocycles. The molecule has 6 nitrogen and oxygen atoms in total. The average Bonchev–Trinajstić information content (AvgIpc) is 2.72. The Labute approximate surface area is 103 Å². The van der Waals surface area contributed by atoms with Gasteiger partial charge in [-0.25, -0.2) is 4.68 Å². The lowest BCUT2D eigenvalue weighted by Crippen LogP contribution is -2.24. The zero-order chi connectivity index (χ0) is 12.3. The first kappa shape index (κ1) is 11.5. The third kappa shape index (κ3) is 2.79. The molecule has 0 saturated heterocycles. The summed E-state index contributed by atoms with van der Waals surface area (Å²) in [6.45, 7) is 0.273. The summed E-state index contributed by atoms with van der Waals surface area (Å²) in [7, 11) is 1.71. The molecule has 0 aliphatic carbocycles. The van der Waals surface area contributed by atoms with Gasteiger partial charge < -0.3 is 5.32 Å². The van der Waals surface area contributed by atoms with Crippen LogP contribution in [0.4, 0.5) is 0 Å². The van der Waals surface area contributed by atoms with Crippen LogP contribution in [0.1, 0.15) is 16.2 Å². The number of carbonyl (C=O) groups is 1. The van der Waals surface area contributed by atoms with Crippen molar-refractivity contribution >= 4 is 17.5 Å². The van der Waals surface area contributed by atoms with E-state index in [1.165, 1.54) is 4.68 Å². The van der Waals surface area contributed by atoms with Gasteiger partial charge in [-0.2, -0.15) is 0 Å². The van der Waals surface area contributed by atoms with E-state index in [9.17, 15) is 4.79 Å². The van der Waals surface area contributed by atoms with Crippen LogP contribution in [-0.2, 0) is 13.6 Å². The molecule has 17 heavy (non-hydrogen) atoms. The SMILES string of the molecule is Cn1nnnc1CNC(=O)c1cccc(Cl)c1. The van der Waals surface area contributed by atoms with E-state index in [-0.39, 0.29) is 12.5 Å². The van der Waals surface area contributed by atoms with E-state index in [4.69, 9.17) is 11.6 Å². The summed E-state index contributed by atoms with van der Waals surface area (Å²) < 4.78 is 1.50. The zero-order valence-corrected chi connectivity index (χ0v) is 9.85. The first-order valence-corrected chi connectivity index (χ1v) is 5.29. The van der Waals surface area contributed by atoms with E-state index >= 15 is 0 Å². The Hall–Kier alpha value is -1.95. The van der Waals surface area contributed by atoms with Gasteiger partial charge in [-0.1, -0.05) is 17.7 Å². The van der Waals surface area contributed by atoms with Crippen molar-refractivity contribution in [2.45, 2.75) is 6.54 Å². The molecule has 0 fully saturated rings. The highest BCUT2D eigenvalue weighted by Gasteiger charge is 2.08. The van der Waals surface area contributed by atoms with Gasteiger partial charge in [0.15, 0.2) is 5.82 Å². The van der Waals surface area contributed by atoms with Crippen LogP contribution < -0.4 is 5.32 Å². The summed E-state index contributed by atoms with van der Waals surface area (Å²) in [5.41, 5.74) is 0.507. The van der Waals surface area contributed by atoms with Gasteiger partial charge in [0.05, 0.1) is 6.54 Å². The Morgan fingerprint density at radius 2 is 2.35 bits per heavy atom. The van der Waals surface area contributed by atoms with Crippen molar-refractivity contribution in [1.82, 2.24) is 25.5 Å². The predicted molar refractivity (Wildman–Crippen MR) is 61.4 cm³/mol. The summed E-state index contributed by atoms with van der Waals surface area (Å²) in [5.74, 6) is 0.371. The van der Waals surface area contributed by atoms with E-state index < -0.39 is 0 Å². The summed E-state index contributed by atoms with van der Waals surface area (Å²) in [4.78, 5) is 11.8. The smallest absolute Gasteiger partial charge is 0.251 e. The van der Waals surface area contributed by atoms with Crippen LogP contribution in [0.3, 0.4) is 0 Å². The standard InChI is InChI=1S/C10H10ClN5O/c1-16-9(13-14-15-16)6-12-10(17)7-3-2-4-8(11)5-7/h2-5H,6H2,1H3,(H,12,17). The molecule has 1 aromatic heterocycles. The van der Waals surface area contributed by atoms with E-state index in [0.29, 0.717) is 16.4 Å². The van der Waals surface area contributed by atoms with E-state index in [0.717, 1.165) is 0 Å². The third-order valence-corrected chi connectivity index (χ3v) is 2.44. The normalized spacial score (nSPS) is 10.2. The summed E-state index contributed by atoms with van der Waals surface area (Å²) in [5, 5.41) is 14.1. The summed E-state index contributed by atoms with van der Waals surface area (Å²) in [6.07, 6.45) is 0. The van der Waals surface area contributed by atoms with Crippen LogP contribution >= 0.6 is 11.6 Å². The Morgan fingerprint density at radius 3 is 3.00 bits per heavy atom. The molecule has 2 aromatic rings. The number of hydrogen-bond acceptors (Lipinski definition) is 4.